The van der Waals surface area contributed by atoms with E-state index in [1.165, 1.54) is 89.0 Å². The van der Waals surface area contributed by atoms with Crippen molar-refractivity contribution in [1.82, 2.24) is 0 Å². The molecule has 0 bridgehead atoms. The van der Waals surface area contributed by atoms with Gasteiger partial charge in [0.25, 0.3) is 0 Å². The molecule has 0 aromatic rings. The summed E-state index contributed by atoms with van der Waals surface area (Å²) in [5.74, 6) is 8.12. The molecule has 9 aliphatic carbocycles. The zero-order valence-corrected chi connectivity index (χ0v) is 40.8. The third kappa shape index (κ3) is 6.09. The van der Waals surface area contributed by atoms with Crippen LogP contribution in [0, 0.1) is 103 Å². The molecule has 0 N–H and O–H groups in total. The summed E-state index contributed by atoms with van der Waals surface area (Å²) in [5, 5.41) is 0. The number of ketones is 1. The van der Waals surface area contributed by atoms with Gasteiger partial charge < -0.3 is 4.74 Å². The van der Waals surface area contributed by atoms with Crippen LogP contribution in [0.25, 0.3) is 0 Å². The lowest BCUT2D eigenvalue weighted by molar-refractivity contribution is -0.237. The molecule has 0 heterocycles. The molecular formula is C57H90O3. The first kappa shape index (κ1) is 43.9. The van der Waals surface area contributed by atoms with Gasteiger partial charge >= 0.3 is 5.97 Å². The summed E-state index contributed by atoms with van der Waals surface area (Å²) in [6, 6.07) is 0. The highest BCUT2D eigenvalue weighted by Crippen LogP contribution is 2.78. The average molecular weight is 823 g/mol. The van der Waals surface area contributed by atoms with Gasteiger partial charge in [0.05, 0.1) is 5.41 Å². The molecule has 0 saturated heterocycles. The number of Topliss-reactive ketones (excluding diaryl/α,β-unsaturated/α-hetero) is 1. The highest BCUT2D eigenvalue weighted by Gasteiger charge is 2.72. The molecule has 0 amide bonds. The second kappa shape index (κ2) is 14.8. The minimum Gasteiger partial charge on any atom is -0.462 e. The summed E-state index contributed by atoms with van der Waals surface area (Å²) in [5.41, 5.74) is 3.74. The second-order valence-electron chi connectivity index (χ2n) is 26.5. The fourth-order valence-corrected chi connectivity index (χ4v) is 20.3. The number of hydrogen-bond acceptors (Lipinski definition) is 3. The van der Waals surface area contributed by atoms with Gasteiger partial charge in [-0.15, -0.1) is 0 Å². The fraction of sp³-hybridized carbons (Fsp3) is 0.895. The second-order valence-corrected chi connectivity index (χ2v) is 26.5. The Morgan fingerprint density at radius 3 is 2.23 bits per heavy atom. The smallest absolute Gasteiger partial charge is 0.312 e. The van der Waals surface area contributed by atoms with Crippen LogP contribution in [0.5, 0.6) is 0 Å². The average Bonchev–Trinajstić information content (AvgIpc) is 3.76. The molecule has 0 radical (unpaired) electrons. The maximum atomic E-state index is 15.2. The van der Waals surface area contributed by atoms with Crippen LogP contribution in [-0.2, 0) is 14.3 Å². The summed E-state index contributed by atoms with van der Waals surface area (Å²) >= 11 is 0. The van der Waals surface area contributed by atoms with E-state index in [-0.39, 0.29) is 44.6 Å². The van der Waals surface area contributed by atoms with Crippen molar-refractivity contribution in [3.8, 4) is 0 Å². The number of rotatable bonds is 8. The van der Waals surface area contributed by atoms with E-state index in [1.54, 1.807) is 5.57 Å². The van der Waals surface area contributed by atoms with Crippen LogP contribution in [0.4, 0.5) is 0 Å². The lowest BCUT2D eigenvalue weighted by Crippen LogP contribution is -2.66. The zero-order chi connectivity index (χ0) is 43.0. The van der Waals surface area contributed by atoms with Crippen LogP contribution in [0.15, 0.2) is 23.8 Å². The zero-order valence-electron chi connectivity index (χ0n) is 40.8. The third-order valence-electron chi connectivity index (χ3n) is 23.8. The van der Waals surface area contributed by atoms with Crippen molar-refractivity contribution in [3.63, 3.8) is 0 Å². The van der Waals surface area contributed by atoms with E-state index in [0.29, 0.717) is 40.8 Å². The first-order valence-corrected chi connectivity index (χ1v) is 26.3. The van der Waals surface area contributed by atoms with E-state index in [2.05, 4.69) is 88.8 Å². The Morgan fingerprint density at radius 2 is 1.50 bits per heavy atom. The molecule has 0 aliphatic heterocycles. The number of hydrogen-bond donors (Lipinski definition) is 0. The maximum Gasteiger partial charge on any atom is 0.312 e. The third-order valence-corrected chi connectivity index (χ3v) is 23.8. The Labute approximate surface area is 368 Å². The Hall–Kier alpha value is -1.38. The van der Waals surface area contributed by atoms with E-state index < -0.39 is 0 Å². The molecule has 9 aliphatic rings. The summed E-state index contributed by atoms with van der Waals surface area (Å²) in [4.78, 5) is 28.5. The summed E-state index contributed by atoms with van der Waals surface area (Å²) in [6.07, 6.45) is 27.9. The summed E-state index contributed by atoms with van der Waals surface area (Å²) < 4.78 is 6.99. The quantitative estimate of drug-likeness (QED) is 0.181. The molecular weight excluding hydrogens is 733 g/mol. The van der Waals surface area contributed by atoms with Crippen molar-refractivity contribution in [2.24, 2.45) is 103 Å². The molecule has 0 spiro atoms. The van der Waals surface area contributed by atoms with Gasteiger partial charge in [-0.1, -0.05) is 112 Å². The standard InChI is InChI=1S/C57H90O3/c1-35(2)14-13-15-37(5)42-18-19-43-41-17-16-38-34-39(22-27-52(38,8)44(41)24-28-53(42,43)9)60-50(59)57-31-23-40(36(3)4)49(57)45-20-21-47-54(10)29-26-48(58)51(6,7)46(54)25-30-56(47,12)55(45,11)32-33-57/h16,35,37,39-47,49H,3,13-15,17-34H2,1-2,4-12H3/t37-,39-,40?,41+,42?,43+,44+,45-,46?,47-,49?,52+,53-,54+,55-,56-,57+/m1/s1. The van der Waals surface area contributed by atoms with Crippen LogP contribution >= 0.6 is 0 Å². The molecule has 0 aromatic carbocycles. The molecule has 3 nitrogen and oxygen atoms in total. The van der Waals surface area contributed by atoms with E-state index >= 15 is 4.79 Å². The van der Waals surface area contributed by atoms with Crippen molar-refractivity contribution < 1.29 is 14.3 Å². The molecule has 17 atom stereocenters. The molecule has 60 heavy (non-hydrogen) atoms. The van der Waals surface area contributed by atoms with Gasteiger partial charge in [-0.25, -0.2) is 0 Å². The lowest BCUT2D eigenvalue weighted by Gasteiger charge is -2.72. The van der Waals surface area contributed by atoms with Crippen LogP contribution in [-0.4, -0.2) is 17.9 Å². The number of esters is 1. The summed E-state index contributed by atoms with van der Waals surface area (Å²) in [7, 11) is 0. The van der Waals surface area contributed by atoms with Crippen LogP contribution in [0.2, 0.25) is 0 Å². The Balaban J connectivity index is 0.913. The van der Waals surface area contributed by atoms with Crippen molar-refractivity contribution in [2.75, 3.05) is 0 Å². The van der Waals surface area contributed by atoms with Gasteiger partial charge in [0.15, 0.2) is 0 Å². The van der Waals surface area contributed by atoms with E-state index in [4.69, 9.17) is 4.74 Å². The van der Waals surface area contributed by atoms with E-state index in [9.17, 15) is 4.79 Å². The first-order valence-electron chi connectivity index (χ1n) is 26.3. The Kier molecular flexibility index (Phi) is 10.8. The van der Waals surface area contributed by atoms with Gasteiger partial charge in [-0.2, -0.15) is 0 Å². The number of carbonyl (C=O) groups excluding carboxylic acids is 2. The maximum absolute atomic E-state index is 15.2. The molecule has 336 valence electrons. The van der Waals surface area contributed by atoms with Crippen molar-refractivity contribution in [3.05, 3.63) is 23.8 Å². The normalized spacial score (nSPS) is 50.8. The topological polar surface area (TPSA) is 43.4 Å². The minimum atomic E-state index is -0.372. The number of ether oxygens (including phenoxy) is 1. The molecule has 9 rings (SSSR count). The summed E-state index contributed by atoms with van der Waals surface area (Å²) in [6.45, 7) is 32.1. The van der Waals surface area contributed by atoms with Gasteiger partial charge in [-0.05, 0) is 202 Å². The molecule has 8 fully saturated rings. The first-order chi connectivity index (χ1) is 28.2. The number of carbonyl (C=O) groups is 2. The van der Waals surface area contributed by atoms with Gasteiger partial charge in [0, 0.05) is 18.3 Å². The van der Waals surface area contributed by atoms with Crippen LogP contribution in [0.3, 0.4) is 0 Å². The Morgan fingerprint density at radius 1 is 0.750 bits per heavy atom. The van der Waals surface area contributed by atoms with Crippen molar-refractivity contribution >= 4 is 11.8 Å². The van der Waals surface area contributed by atoms with Gasteiger partial charge in [0.1, 0.15) is 11.9 Å². The molecule has 4 unspecified atom stereocenters. The van der Waals surface area contributed by atoms with Crippen molar-refractivity contribution in [1.29, 1.82) is 0 Å². The van der Waals surface area contributed by atoms with E-state index in [0.717, 1.165) is 86.9 Å². The minimum absolute atomic E-state index is 0.0258. The van der Waals surface area contributed by atoms with Crippen LogP contribution in [0.1, 0.15) is 211 Å². The molecule has 3 heteroatoms. The van der Waals surface area contributed by atoms with Crippen LogP contribution < -0.4 is 0 Å². The monoisotopic (exact) mass is 823 g/mol. The predicted octanol–water partition coefficient (Wildman–Crippen LogP) is 15.2. The van der Waals surface area contributed by atoms with Crippen molar-refractivity contribution in [2.45, 2.75) is 217 Å². The SMILES string of the molecule is C=C(C)C1CC[C@]2(C(=O)O[C@@H]3CC[C@@]4(C)C(=CC[C@@H]5[C@@H]4CC[C@]4(C)C([C@H](C)CCCC(C)C)CC[C@@H]54)C3)CC[C@]3(C)[C@H](CC[C@@H]4[C@@]5(C)CCC(=O)C(C)(C)C5CC[C@]43C)C12. The fourth-order valence-electron chi connectivity index (χ4n) is 20.3. The lowest BCUT2D eigenvalue weighted by atomic mass is 9.32. The highest BCUT2D eigenvalue weighted by molar-refractivity contribution is 5.85. The molecule has 8 saturated carbocycles. The van der Waals surface area contributed by atoms with Gasteiger partial charge in [0.2, 0.25) is 0 Å². The van der Waals surface area contributed by atoms with Gasteiger partial charge in [-0.3, -0.25) is 9.59 Å². The number of fused-ring (bicyclic) bond motifs is 12. The number of allylic oxidation sites excluding steroid dienone is 2. The highest BCUT2D eigenvalue weighted by atomic mass is 16.5. The molecule has 0 aromatic heterocycles. The van der Waals surface area contributed by atoms with E-state index in [1.807, 2.05) is 0 Å². The Bertz CT molecular complexity index is 1750. The largest absolute Gasteiger partial charge is 0.462 e. The predicted molar refractivity (Wildman–Crippen MR) is 247 cm³/mol.